The van der Waals surface area contributed by atoms with Crippen molar-refractivity contribution in [1.29, 1.82) is 0 Å². The summed E-state index contributed by atoms with van der Waals surface area (Å²) in [7, 11) is 0. The van der Waals surface area contributed by atoms with Gasteiger partial charge in [0.25, 0.3) is 5.06 Å². The lowest BCUT2D eigenvalue weighted by molar-refractivity contribution is -0.385. The van der Waals surface area contributed by atoms with Gasteiger partial charge in [-0.05, 0) is 47.7 Å². The fourth-order valence-corrected chi connectivity index (χ4v) is 2.87. The molecule has 0 fully saturated rings. The van der Waals surface area contributed by atoms with Gasteiger partial charge in [-0.1, -0.05) is 17.4 Å². The third-order valence-electron chi connectivity index (χ3n) is 2.31. The van der Waals surface area contributed by atoms with E-state index >= 15 is 0 Å². The molecule has 0 aliphatic rings. The van der Waals surface area contributed by atoms with Gasteiger partial charge in [0.05, 0.1) is 11.0 Å². The monoisotopic (exact) mass is 391 g/mol. The lowest BCUT2D eigenvalue weighted by Crippen LogP contribution is -1.89. The van der Waals surface area contributed by atoms with Crippen molar-refractivity contribution >= 4 is 39.6 Å². The van der Waals surface area contributed by atoms with E-state index in [1.807, 2.05) is 12.1 Å². The van der Waals surface area contributed by atoms with Crippen LogP contribution in [0.4, 0.5) is 5.69 Å². The molecule has 0 aliphatic heterocycles. The fraction of sp³-hybridized carbons (Fsp3) is 0.167. The van der Waals surface area contributed by atoms with Crippen molar-refractivity contribution in [2.45, 2.75) is 13.0 Å². The molecule has 2 rings (SSSR count). The Kier molecular flexibility index (Phi) is 4.38. The van der Waals surface area contributed by atoms with Gasteiger partial charge in [0.1, 0.15) is 5.75 Å². The average molecular weight is 391 g/mol. The van der Waals surface area contributed by atoms with Crippen molar-refractivity contribution < 1.29 is 14.8 Å². The Morgan fingerprint density at radius 3 is 2.79 bits per heavy atom. The first kappa shape index (κ1) is 14.2. The van der Waals surface area contributed by atoms with E-state index in [1.54, 1.807) is 19.1 Å². The average Bonchev–Trinajstić information content (AvgIpc) is 2.73. The number of ether oxygens (including phenoxy) is 1. The lowest BCUT2D eigenvalue weighted by atomic mass is 10.3. The number of benzene rings is 1. The SMILES string of the molecule is CC(O)c1cc([N+](=O)[O-])c(Oc2cccc(I)c2)s1. The van der Waals surface area contributed by atoms with Gasteiger partial charge in [0.2, 0.25) is 0 Å². The highest BCUT2D eigenvalue weighted by atomic mass is 127. The highest BCUT2D eigenvalue weighted by Crippen LogP contribution is 2.41. The van der Waals surface area contributed by atoms with Gasteiger partial charge in [-0.3, -0.25) is 10.1 Å². The zero-order valence-electron chi connectivity index (χ0n) is 9.87. The molecule has 1 aromatic heterocycles. The second-order valence-corrected chi connectivity index (χ2v) is 6.11. The number of rotatable bonds is 4. The Labute approximate surface area is 127 Å². The van der Waals surface area contributed by atoms with E-state index < -0.39 is 11.0 Å². The van der Waals surface area contributed by atoms with Crippen LogP contribution in [0.1, 0.15) is 17.9 Å². The zero-order chi connectivity index (χ0) is 14.0. The van der Waals surface area contributed by atoms with E-state index in [9.17, 15) is 15.2 Å². The highest BCUT2D eigenvalue weighted by molar-refractivity contribution is 14.1. The molecule has 1 N–H and O–H groups in total. The summed E-state index contributed by atoms with van der Waals surface area (Å²) in [6.45, 7) is 1.56. The molecule has 1 aromatic carbocycles. The van der Waals surface area contributed by atoms with Gasteiger partial charge in [0, 0.05) is 14.5 Å². The van der Waals surface area contributed by atoms with Crippen LogP contribution in [0.15, 0.2) is 30.3 Å². The topological polar surface area (TPSA) is 72.6 Å². The minimum Gasteiger partial charge on any atom is -0.440 e. The molecule has 0 bridgehead atoms. The molecule has 0 amide bonds. The van der Waals surface area contributed by atoms with Gasteiger partial charge < -0.3 is 9.84 Å². The summed E-state index contributed by atoms with van der Waals surface area (Å²) in [5.41, 5.74) is -0.125. The molecule has 1 atom stereocenters. The van der Waals surface area contributed by atoms with Crippen LogP contribution in [-0.4, -0.2) is 10.0 Å². The van der Waals surface area contributed by atoms with Crippen LogP contribution in [0.2, 0.25) is 0 Å². The molecule has 0 saturated carbocycles. The largest absolute Gasteiger partial charge is 0.440 e. The Morgan fingerprint density at radius 1 is 1.47 bits per heavy atom. The van der Waals surface area contributed by atoms with Crippen molar-refractivity contribution in [3.05, 3.63) is 48.9 Å². The van der Waals surface area contributed by atoms with Gasteiger partial charge in [-0.2, -0.15) is 0 Å². The summed E-state index contributed by atoms with van der Waals surface area (Å²) in [6.07, 6.45) is -0.753. The van der Waals surface area contributed by atoms with E-state index in [0.29, 0.717) is 10.6 Å². The van der Waals surface area contributed by atoms with Crippen LogP contribution in [0.3, 0.4) is 0 Å². The number of nitrogens with zero attached hydrogens (tertiary/aromatic N) is 1. The number of thiophene rings is 1. The molecular weight excluding hydrogens is 381 g/mol. The first-order valence-electron chi connectivity index (χ1n) is 5.37. The first-order valence-corrected chi connectivity index (χ1v) is 7.26. The molecule has 0 aliphatic carbocycles. The van der Waals surface area contributed by atoms with E-state index in [1.165, 1.54) is 6.07 Å². The quantitative estimate of drug-likeness (QED) is 0.484. The predicted molar refractivity (Wildman–Crippen MR) is 80.8 cm³/mol. The molecule has 100 valence electrons. The smallest absolute Gasteiger partial charge is 0.323 e. The lowest BCUT2D eigenvalue weighted by Gasteiger charge is -2.03. The third-order valence-corrected chi connectivity index (χ3v) is 4.16. The Morgan fingerprint density at radius 2 is 2.21 bits per heavy atom. The number of nitro groups is 1. The van der Waals surface area contributed by atoms with Gasteiger partial charge in [-0.25, -0.2) is 0 Å². The van der Waals surface area contributed by atoms with Crippen molar-refractivity contribution in [1.82, 2.24) is 0 Å². The molecule has 2 aromatic rings. The summed E-state index contributed by atoms with van der Waals surface area (Å²) in [5.74, 6) is 0.536. The number of aliphatic hydroxyl groups excluding tert-OH is 1. The first-order chi connectivity index (χ1) is 8.97. The number of halogens is 1. The van der Waals surface area contributed by atoms with Crippen molar-refractivity contribution in [3.8, 4) is 10.8 Å². The second kappa shape index (κ2) is 5.85. The van der Waals surface area contributed by atoms with Crippen LogP contribution in [0.25, 0.3) is 0 Å². The Bertz CT molecular complexity index is 612. The van der Waals surface area contributed by atoms with E-state index in [2.05, 4.69) is 22.6 Å². The molecule has 0 saturated heterocycles. The number of aliphatic hydroxyl groups is 1. The van der Waals surface area contributed by atoms with Crippen LogP contribution in [0, 0.1) is 13.7 Å². The fourth-order valence-electron chi connectivity index (χ4n) is 1.43. The van der Waals surface area contributed by atoms with Crippen LogP contribution < -0.4 is 4.74 Å². The van der Waals surface area contributed by atoms with Crippen molar-refractivity contribution in [3.63, 3.8) is 0 Å². The number of hydrogen-bond acceptors (Lipinski definition) is 5. The second-order valence-electron chi connectivity index (χ2n) is 3.81. The summed E-state index contributed by atoms with van der Waals surface area (Å²) in [6, 6.07) is 8.57. The Balaban J connectivity index is 2.36. The minimum atomic E-state index is -0.753. The van der Waals surface area contributed by atoms with Gasteiger partial charge >= 0.3 is 5.69 Å². The van der Waals surface area contributed by atoms with Crippen LogP contribution in [-0.2, 0) is 0 Å². The molecule has 0 radical (unpaired) electrons. The molecule has 0 spiro atoms. The molecule has 19 heavy (non-hydrogen) atoms. The van der Waals surface area contributed by atoms with Crippen molar-refractivity contribution in [2.24, 2.45) is 0 Å². The van der Waals surface area contributed by atoms with Crippen LogP contribution in [0.5, 0.6) is 10.8 Å². The maximum atomic E-state index is 11.0. The summed E-state index contributed by atoms with van der Waals surface area (Å²) >= 11 is 3.22. The van der Waals surface area contributed by atoms with E-state index in [-0.39, 0.29) is 10.8 Å². The zero-order valence-corrected chi connectivity index (χ0v) is 12.8. The highest BCUT2D eigenvalue weighted by Gasteiger charge is 2.23. The third kappa shape index (κ3) is 3.43. The molecule has 1 heterocycles. The van der Waals surface area contributed by atoms with Crippen molar-refractivity contribution in [2.75, 3.05) is 0 Å². The van der Waals surface area contributed by atoms with E-state index in [0.717, 1.165) is 14.9 Å². The summed E-state index contributed by atoms with van der Waals surface area (Å²) in [4.78, 5) is 11.0. The number of hydrogen-bond donors (Lipinski definition) is 1. The normalized spacial score (nSPS) is 12.2. The molecule has 7 heteroatoms. The maximum absolute atomic E-state index is 11.0. The van der Waals surface area contributed by atoms with E-state index in [4.69, 9.17) is 4.74 Å². The Hall–Kier alpha value is -1.19. The summed E-state index contributed by atoms with van der Waals surface area (Å²) in [5, 5.41) is 20.6. The minimum absolute atomic E-state index is 0.125. The predicted octanol–water partition coefficient (Wildman–Crippen LogP) is 4.11. The molecular formula is C12H10INO4S. The maximum Gasteiger partial charge on any atom is 0.323 e. The molecule has 1 unspecified atom stereocenters. The molecule has 5 nitrogen and oxygen atoms in total. The standard InChI is InChI=1S/C12H10INO4S/c1-7(15)11-6-10(14(16)17)12(19-11)18-9-4-2-3-8(13)5-9/h2-7,15H,1H3. The van der Waals surface area contributed by atoms with Gasteiger partial charge in [-0.15, -0.1) is 0 Å². The van der Waals surface area contributed by atoms with Crippen LogP contribution >= 0.6 is 33.9 Å². The van der Waals surface area contributed by atoms with Gasteiger partial charge in [0.15, 0.2) is 0 Å². The summed E-state index contributed by atoms with van der Waals surface area (Å²) < 4.78 is 6.52.